The van der Waals surface area contributed by atoms with Crippen LogP contribution >= 0.6 is 11.6 Å². The molecule has 3 aromatic rings. The van der Waals surface area contributed by atoms with Gasteiger partial charge in [0.05, 0.1) is 12.2 Å². The van der Waals surface area contributed by atoms with Crippen LogP contribution in [0.2, 0.25) is 5.02 Å². The Labute approximate surface area is 166 Å². The first kappa shape index (κ1) is 18.2. The highest BCUT2D eigenvalue weighted by Gasteiger charge is 2.28. The topological polar surface area (TPSA) is 80.1 Å². The molecule has 0 saturated carbocycles. The number of nitrogens with one attached hydrogen (secondary N) is 1. The molecule has 0 saturated heterocycles. The first-order valence-corrected chi connectivity index (χ1v) is 9.28. The molecule has 2 amide bonds. The number of fused-ring (bicyclic) bond motifs is 1. The summed E-state index contributed by atoms with van der Waals surface area (Å²) >= 11 is 5.95. The lowest BCUT2D eigenvalue weighted by Crippen LogP contribution is -2.44. The van der Waals surface area contributed by atoms with Crippen molar-refractivity contribution in [2.45, 2.75) is 19.5 Å². The van der Waals surface area contributed by atoms with Gasteiger partial charge in [0, 0.05) is 42.0 Å². The van der Waals surface area contributed by atoms with Crippen LogP contribution < -0.4 is 10.2 Å². The van der Waals surface area contributed by atoms with E-state index in [-0.39, 0.29) is 18.4 Å². The van der Waals surface area contributed by atoms with Crippen LogP contribution in [0.15, 0.2) is 54.9 Å². The van der Waals surface area contributed by atoms with Crippen LogP contribution in [0.5, 0.6) is 0 Å². The zero-order valence-corrected chi connectivity index (χ0v) is 15.8. The Morgan fingerprint density at radius 3 is 2.79 bits per heavy atom. The van der Waals surface area contributed by atoms with Crippen LogP contribution in [0.1, 0.15) is 12.0 Å². The van der Waals surface area contributed by atoms with Gasteiger partial charge in [0.1, 0.15) is 12.4 Å². The Morgan fingerprint density at radius 2 is 2.04 bits per heavy atom. The summed E-state index contributed by atoms with van der Waals surface area (Å²) in [7, 11) is 0. The molecule has 8 heteroatoms. The number of anilines is 1. The Bertz CT molecular complexity index is 1000. The second kappa shape index (κ2) is 7.82. The van der Waals surface area contributed by atoms with E-state index in [2.05, 4.69) is 15.4 Å². The zero-order valence-electron chi connectivity index (χ0n) is 15.0. The van der Waals surface area contributed by atoms with Crippen LogP contribution in [-0.2, 0) is 22.7 Å². The van der Waals surface area contributed by atoms with E-state index in [0.717, 1.165) is 16.8 Å². The standard InChI is InChI=1S/C20H18ClN5O2/c21-16-5-3-15(4-6-16)17-10-19-25(20(28)7-9-26(19)24-17)13-18(27)23-12-14-2-1-8-22-11-14/h1-6,8,10-11H,7,9,12-13H2,(H,23,27). The van der Waals surface area contributed by atoms with Gasteiger partial charge in [-0.15, -0.1) is 0 Å². The molecule has 142 valence electrons. The van der Waals surface area contributed by atoms with Crippen molar-refractivity contribution in [3.63, 3.8) is 0 Å². The van der Waals surface area contributed by atoms with Crippen molar-refractivity contribution in [3.05, 3.63) is 65.4 Å². The summed E-state index contributed by atoms with van der Waals surface area (Å²) in [5, 5.41) is 8.05. The van der Waals surface area contributed by atoms with E-state index in [4.69, 9.17) is 11.6 Å². The minimum Gasteiger partial charge on any atom is -0.350 e. The number of pyridine rings is 1. The second-order valence-corrected chi connectivity index (χ2v) is 6.92. The van der Waals surface area contributed by atoms with Crippen molar-refractivity contribution in [3.8, 4) is 11.3 Å². The predicted molar refractivity (Wildman–Crippen MR) is 106 cm³/mol. The van der Waals surface area contributed by atoms with Gasteiger partial charge in [0.25, 0.3) is 0 Å². The van der Waals surface area contributed by atoms with E-state index in [1.165, 1.54) is 4.90 Å². The Hall–Kier alpha value is -3.19. The van der Waals surface area contributed by atoms with E-state index in [1.807, 2.05) is 30.3 Å². The quantitative estimate of drug-likeness (QED) is 0.720. The summed E-state index contributed by atoms with van der Waals surface area (Å²) in [6.07, 6.45) is 3.68. The highest BCUT2D eigenvalue weighted by atomic mass is 35.5. The number of carbonyl (C=O) groups is 2. The fraction of sp³-hybridized carbons (Fsp3) is 0.200. The fourth-order valence-electron chi connectivity index (χ4n) is 3.09. The first-order chi connectivity index (χ1) is 13.6. The van der Waals surface area contributed by atoms with E-state index in [9.17, 15) is 9.59 Å². The molecule has 28 heavy (non-hydrogen) atoms. The number of amides is 2. The zero-order chi connectivity index (χ0) is 19.5. The van der Waals surface area contributed by atoms with Crippen LogP contribution in [0, 0.1) is 0 Å². The van der Waals surface area contributed by atoms with Crippen LogP contribution in [0.25, 0.3) is 11.3 Å². The van der Waals surface area contributed by atoms with E-state index >= 15 is 0 Å². The van der Waals surface area contributed by atoms with Crippen molar-refractivity contribution in [2.75, 3.05) is 11.4 Å². The normalized spacial score (nSPS) is 13.3. The third-order valence-electron chi connectivity index (χ3n) is 4.53. The molecule has 0 fully saturated rings. The molecule has 0 unspecified atom stereocenters. The molecule has 1 aromatic carbocycles. The molecule has 4 rings (SSSR count). The van der Waals surface area contributed by atoms with Crippen molar-refractivity contribution < 1.29 is 9.59 Å². The third kappa shape index (κ3) is 3.89. The average molecular weight is 396 g/mol. The molecule has 0 spiro atoms. The lowest BCUT2D eigenvalue weighted by atomic mass is 10.1. The maximum Gasteiger partial charge on any atom is 0.240 e. The van der Waals surface area contributed by atoms with Crippen LogP contribution in [-0.4, -0.2) is 33.1 Å². The van der Waals surface area contributed by atoms with E-state index < -0.39 is 0 Å². The number of nitrogens with zero attached hydrogens (tertiary/aromatic N) is 4. The molecule has 3 heterocycles. The smallest absolute Gasteiger partial charge is 0.240 e. The number of hydrogen-bond acceptors (Lipinski definition) is 4. The Kier molecular flexibility index (Phi) is 5.08. The Balaban J connectivity index is 1.50. The Morgan fingerprint density at radius 1 is 1.21 bits per heavy atom. The molecule has 0 aliphatic carbocycles. The monoisotopic (exact) mass is 395 g/mol. The van der Waals surface area contributed by atoms with Gasteiger partial charge in [-0.25, -0.2) is 4.68 Å². The molecule has 0 radical (unpaired) electrons. The molecule has 1 aliphatic rings. The van der Waals surface area contributed by atoms with Gasteiger partial charge in [-0.3, -0.25) is 19.5 Å². The molecule has 0 bridgehead atoms. The molecule has 1 aliphatic heterocycles. The van der Waals surface area contributed by atoms with Crippen LogP contribution in [0.3, 0.4) is 0 Å². The predicted octanol–water partition coefficient (Wildman–Crippen LogP) is 2.65. The van der Waals surface area contributed by atoms with Crippen molar-refractivity contribution in [2.24, 2.45) is 0 Å². The third-order valence-corrected chi connectivity index (χ3v) is 4.78. The van der Waals surface area contributed by atoms with Crippen molar-refractivity contribution >= 4 is 29.2 Å². The number of halogens is 1. The summed E-state index contributed by atoms with van der Waals surface area (Å²) < 4.78 is 1.76. The number of carbonyl (C=O) groups excluding carboxylic acids is 2. The summed E-state index contributed by atoms with van der Waals surface area (Å²) in [5.41, 5.74) is 2.54. The van der Waals surface area contributed by atoms with Crippen LogP contribution in [0.4, 0.5) is 5.82 Å². The van der Waals surface area contributed by atoms with Crippen molar-refractivity contribution in [1.82, 2.24) is 20.1 Å². The van der Waals surface area contributed by atoms with Crippen molar-refractivity contribution in [1.29, 1.82) is 0 Å². The molecule has 1 N–H and O–H groups in total. The SMILES string of the molecule is O=C(CN1C(=O)CCn2nc(-c3ccc(Cl)cc3)cc21)NCc1cccnc1. The minimum atomic E-state index is -0.236. The number of aryl methyl sites for hydroxylation is 1. The molecular weight excluding hydrogens is 378 g/mol. The lowest BCUT2D eigenvalue weighted by Gasteiger charge is -2.26. The molecule has 0 atom stereocenters. The fourth-order valence-corrected chi connectivity index (χ4v) is 3.21. The maximum atomic E-state index is 12.4. The van der Waals surface area contributed by atoms with Gasteiger partial charge >= 0.3 is 0 Å². The van der Waals surface area contributed by atoms with Gasteiger partial charge in [-0.2, -0.15) is 5.10 Å². The number of hydrogen-bond donors (Lipinski definition) is 1. The van der Waals surface area contributed by atoms with Gasteiger partial charge < -0.3 is 5.32 Å². The summed E-state index contributed by atoms with van der Waals surface area (Å²) in [6, 6.07) is 12.9. The minimum absolute atomic E-state index is 0.0507. The average Bonchev–Trinajstić information content (AvgIpc) is 3.14. The van der Waals surface area contributed by atoms with E-state index in [1.54, 1.807) is 29.2 Å². The number of rotatable bonds is 5. The highest BCUT2D eigenvalue weighted by Crippen LogP contribution is 2.28. The van der Waals surface area contributed by atoms with Gasteiger partial charge in [-0.1, -0.05) is 29.8 Å². The lowest BCUT2D eigenvalue weighted by molar-refractivity contribution is -0.124. The highest BCUT2D eigenvalue weighted by molar-refractivity contribution is 6.30. The largest absolute Gasteiger partial charge is 0.350 e. The summed E-state index contributed by atoms with van der Waals surface area (Å²) in [6.45, 7) is 0.810. The number of aromatic nitrogens is 3. The molecular formula is C20H18ClN5O2. The maximum absolute atomic E-state index is 12.4. The van der Waals surface area contributed by atoms with Gasteiger partial charge in [0.15, 0.2) is 0 Å². The second-order valence-electron chi connectivity index (χ2n) is 6.49. The van der Waals surface area contributed by atoms with E-state index in [0.29, 0.717) is 30.4 Å². The number of benzene rings is 1. The summed E-state index contributed by atoms with van der Waals surface area (Å²) in [4.78, 5) is 30.3. The van der Waals surface area contributed by atoms with Gasteiger partial charge in [0.2, 0.25) is 11.8 Å². The first-order valence-electron chi connectivity index (χ1n) is 8.90. The molecule has 2 aromatic heterocycles. The molecule has 7 nitrogen and oxygen atoms in total. The summed E-state index contributed by atoms with van der Waals surface area (Å²) in [5.74, 6) is 0.296. The van der Waals surface area contributed by atoms with Gasteiger partial charge in [-0.05, 0) is 23.8 Å².